The minimum Gasteiger partial charge on any atom is -0.352 e. The number of carbonyl (C=O) groups excluding carboxylic acids is 2. The number of anilines is 1. The molecule has 0 fully saturated rings. The summed E-state index contributed by atoms with van der Waals surface area (Å²) in [4.78, 5) is 24.1. The molecule has 126 valence electrons. The quantitative estimate of drug-likeness (QED) is 0.747. The zero-order valence-corrected chi connectivity index (χ0v) is 15.2. The van der Waals surface area contributed by atoms with Crippen LogP contribution in [0.4, 0.5) is 5.69 Å². The largest absolute Gasteiger partial charge is 0.352 e. The van der Waals surface area contributed by atoms with Crippen molar-refractivity contribution < 1.29 is 9.59 Å². The molecule has 0 saturated heterocycles. The van der Waals surface area contributed by atoms with Gasteiger partial charge in [-0.3, -0.25) is 9.59 Å². The third-order valence-corrected chi connectivity index (χ3v) is 4.30. The Balaban J connectivity index is 1.92. The van der Waals surface area contributed by atoms with Crippen molar-refractivity contribution in [2.75, 3.05) is 11.9 Å². The lowest BCUT2D eigenvalue weighted by Gasteiger charge is -2.08. The van der Waals surface area contributed by atoms with E-state index in [-0.39, 0.29) is 11.8 Å². The van der Waals surface area contributed by atoms with Gasteiger partial charge in [0.15, 0.2) is 0 Å². The summed E-state index contributed by atoms with van der Waals surface area (Å²) >= 11 is 3.48. The molecule has 2 N–H and O–H groups in total. The Hall–Kier alpha value is -2.14. The highest BCUT2D eigenvalue weighted by atomic mass is 79.9. The number of nitrogens with one attached hydrogen (secondary N) is 2. The van der Waals surface area contributed by atoms with Crippen LogP contribution in [0.25, 0.3) is 0 Å². The van der Waals surface area contributed by atoms with E-state index in [1.165, 1.54) is 0 Å². The Morgan fingerprint density at radius 3 is 2.62 bits per heavy atom. The topological polar surface area (TPSA) is 58.2 Å². The summed E-state index contributed by atoms with van der Waals surface area (Å²) in [7, 11) is 0. The SMILES string of the molecule is CCCNC(=O)c1cccc(NC(=O)CCc2ccccc2Br)c1. The highest BCUT2D eigenvalue weighted by Gasteiger charge is 2.08. The van der Waals surface area contributed by atoms with E-state index >= 15 is 0 Å². The molecule has 2 rings (SSSR count). The molecule has 0 spiro atoms. The van der Waals surface area contributed by atoms with Crippen LogP contribution in [-0.2, 0) is 11.2 Å². The van der Waals surface area contributed by atoms with E-state index in [1.54, 1.807) is 24.3 Å². The average molecular weight is 389 g/mol. The first-order valence-electron chi connectivity index (χ1n) is 8.01. The number of halogens is 1. The monoisotopic (exact) mass is 388 g/mol. The van der Waals surface area contributed by atoms with Crippen LogP contribution in [0.2, 0.25) is 0 Å². The van der Waals surface area contributed by atoms with E-state index in [4.69, 9.17) is 0 Å². The molecule has 0 heterocycles. The molecule has 2 aromatic carbocycles. The standard InChI is InChI=1S/C19H21BrN2O2/c1-2-12-21-19(24)15-7-5-8-16(13-15)22-18(23)11-10-14-6-3-4-9-17(14)20/h3-9,13H,2,10-12H2,1H3,(H,21,24)(H,22,23). The Morgan fingerprint density at radius 2 is 1.88 bits per heavy atom. The number of carbonyl (C=O) groups is 2. The van der Waals surface area contributed by atoms with Gasteiger partial charge in [-0.05, 0) is 42.7 Å². The first-order chi connectivity index (χ1) is 11.6. The maximum absolute atomic E-state index is 12.1. The van der Waals surface area contributed by atoms with Gasteiger partial charge >= 0.3 is 0 Å². The number of amides is 2. The molecule has 0 radical (unpaired) electrons. The molecule has 0 aliphatic rings. The molecule has 2 amide bonds. The van der Waals surface area contributed by atoms with Gasteiger partial charge in [-0.2, -0.15) is 0 Å². The Kier molecular flexibility index (Phi) is 7.00. The van der Waals surface area contributed by atoms with Crippen LogP contribution in [-0.4, -0.2) is 18.4 Å². The summed E-state index contributed by atoms with van der Waals surface area (Å²) in [5.41, 5.74) is 2.28. The predicted molar refractivity (Wildman–Crippen MR) is 100 cm³/mol. The van der Waals surface area contributed by atoms with E-state index in [2.05, 4.69) is 26.6 Å². The number of rotatable bonds is 7. The van der Waals surface area contributed by atoms with Crippen LogP contribution in [0.3, 0.4) is 0 Å². The van der Waals surface area contributed by atoms with Gasteiger partial charge in [-0.25, -0.2) is 0 Å². The van der Waals surface area contributed by atoms with Crippen molar-refractivity contribution in [3.63, 3.8) is 0 Å². The van der Waals surface area contributed by atoms with Crippen molar-refractivity contribution in [3.8, 4) is 0 Å². The first kappa shape index (κ1) is 18.2. The molecular formula is C19H21BrN2O2. The van der Waals surface area contributed by atoms with Crippen molar-refractivity contribution in [1.29, 1.82) is 0 Å². The Morgan fingerprint density at radius 1 is 1.08 bits per heavy atom. The van der Waals surface area contributed by atoms with E-state index in [0.29, 0.717) is 30.6 Å². The number of hydrogen-bond donors (Lipinski definition) is 2. The van der Waals surface area contributed by atoms with Gasteiger partial charge in [0.1, 0.15) is 0 Å². The van der Waals surface area contributed by atoms with Gasteiger partial charge in [0.25, 0.3) is 5.91 Å². The van der Waals surface area contributed by atoms with Gasteiger partial charge in [0, 0.05) is 28.7 Å². The molecule has 0 saturated carbocycles. The van der Waals surface area contributed by atoms with Crippen LogP contribution in [0.1, 0.15) is 35.7 Å². The van der Waals surface area contributed by atoms with Crippen molar-refractivity contribution in [3.05, 3.63) is 64.1 Å². The van der Waals surface area contributed by atoms with E-state index < -0.39 is 0 Å². The third-order valence-electron chi connectivity index (χ3n) is 3.52. The number of hydrogen-bond acceptors (Lipinski definition) is 2. The zero-order valence-electron chi connectivity index (χ0n) is 13.6. The molecule has 5 heteroatoms. The molecule has 0 atom stereocenters. The fraction of sp³-hybridized carbons (Fsp3) is 0.263. The molecule has 0 bridgehead atoms. The highest BCUT2D eigenvalue weighted by Crippen LogP contribution is 2.18. The normalized spacial score (nSPS) is 10.2. The van der Waals surface area contributed by atoms with Crippen LogP contribution in [0, 0.1) is 0 Å². The van der Waals surface area contributed by atoms with Crippen LogP contribution < -0.4 is 10.6 Å². The molecule has 0 unspecified atom stereocenters. The Labute approximate surface area is 150 Å². The van der Waals surface area contributed by atoms with Gasteiger partial charge in [-0.15, -0.1) is 0 Å². The van der Waals surface area contributed by atoms with E-state index in [0.717, 1.165) is 16.5 Å². The molecule has 24 heavy (non-hydrogen) atoms. The maximum atomic E-state index is 12.1. The van der Waals surface area contributed by atoms with E-state index in [1.807, 2.05) is 31.2 Å². The summed E-state index contributed by atoms with van der Waals surface area (Å²) in [6.07, 6.45) is 1.93. The fourth-order valence-electron chi connectivity index (χ4n) is 2.25. The Bertz CT molecular complexity index is 716. The summed E-state index contributed by atoms with van der Waals surface area (Å²) in [5, 5.41) is 5.67. The summed E-state index contributed by atoms with van der Waals surface area (Å²) in [5.74, 6) is -0.196. The highest BCUT2D eigenvalue weighted by molar-refractivity contribution is 9.10. The fourth-order valence-corrected chi connectivity index (χ4v) is 2.73. The van der Waals surface area contributed by atoms with Gasteiger partial charge < -0.3 is 10.6 Å². The molecule has 0 aliphatic carbocycles. The molecule has 4 nitrogen and oxygen atoms in total. The lowest BCUT2D eigenvalue weighted by Crippen LogP contribution is -2.24. The first-order valence-corrected chi connectivity index (χ1v) is 8.81. The molecule has 0 aromatic heterocycles. The van der Waals surface area contributed by atoms with Crippen molar-refractivity contribution in [2.24, 2.45) is 0 Å². The summed E-state index contributed by atoms with van der Waals surface area (Å²) in [6, 6.07) is 14.8. The zero-order chi connectivity index (χ0) is 17.4. The van der Waals surface area contributed by atoms with E-state index in [9.17, 15) is 9.59 Å². The minimum absolute atomic E-state index is 0.0723. The van der Waals surface area contributed by atoms with Gasteiger partial charge in [-0.1, -0.05) is 47.1 Å². The van der Waals surface area contributed by atoms with Crippen LogP contribution in [0.5, 0.6) is 0 Å². The number of benzene rings is 2. The van der Waals surface area contributed by atoms with Gasteiger partial charge in [0.05, 0.1) is 0 Å². The summed E-state index contributed by atoms with van der Waals surface area (Å²) in [6.45, 7) is 2.64. The predicted octanol–water partition coefficient (Wildman–Crippen LogP) is 4.16. The van der Waals surface area contributed by atoms with Crippen molar-refractivity contribution >= 4 is 33.4 Å². The van der Waals surface area contributed by atoms with Crippen LogP contribution >= 0.6 is 15.9 Å². The second-order valence-corrected chi connectivity index (χ2v) is 6.33. The molecule has 2 aromatic rings. The number of aryl methyl sites for hydroxylation is 1. The van der Waals surface area contributed by atoms with Crippen molar-refractivity contribution in [1.82, 2.24) is 5.32 Å². The molecule has 0 aliphatic heterocycles. The second-order valence-electron chi connectivity index (χ2n) is 5.48. The maximum Gasteiger partial charge on any atom is 0.251 e. The minimum atomic E-state index is -0.124. The third kappa shape index (κ3) is 5.49. The van der Waals surface area contributed by atoms with Crippen LogP contribution in [0.15, 0.2) is 53.0 Å². The van der Waals surface area contributed by atoms with Gasteiger partial charge in [0.2, 0.25) is 5.91 Å². The smallest absolute Gasteiger partial charge is 0.251 e. The van der Waals surface area contributed by atoms with Crippen molar-refractivity contribution in [2.45, 2.75) is 26.2 Å². The molecular weight excluding hydrogens is 368 g/mol. The average Bonchev–Trinajstić information content (AvgIpc) is 2.59. The summed E-state index contributed by atoms with van der Waals surface area (Å²) < 4.78 is 1.01. The lowest BCUT2D eigenvalue weighted by molar-refractivity contribution is -0.116. The lowest BCUT2D eigenvalue weighted by atomic mass is 10.1. The second kappa shape index (κ2) is 9.23.